The number of nitrogens with one attached hydrogen (secondary N) is 1. The van der Waals surface area contributed by atoms with Crippen LogP contribution in [0.4, 0.5) is 5.13 Å². The molecule has 0 atom stereocenters. The number of rotatable bonds is 6. The number of amides is 1. The number of carbonyl (C=O) groups is 1. The van der Waals surface area contributed by atoms with E-state index in [0.717, 1.165) is 10.4 Å². The van der Waals surface area contributed by atoms with Gasteiger partial charge in [-0.1, -0.05) is 53.0 Å². The van der Waals surface area contributed by atoms with Gasteiger partial charge in [0.2, 0.25) is 0 Å². The normalized spacial score (nSPS) is 10.6. The van der Waals surface area contributed by atoms with Crippen LogP contribution in [0.5, 0.6) is 5.75 Å². The minimum atomic E-state index is -0.305. The number of thiazole rings is 1. The van der Waals surface area contributed by atoms with E-state index in [2.05, 4.69) is 10.3 Å². The van der Waals surface area contributed by atoms with Crippen LogP contribution in [0.1, 0.15) is 10.4 Å². The van der Waals surface area contributed by atoms with E-state index < -0.39 is 0 Å². The molecule has 1 amide bonds. The fourth-order valence-corrected chi connectivity index (χ4v) is 3.53. The maximum Gasteiger partial charge on any atom is 0.264 e. The molecule has 1 heterocycles. The van der Waals surface area contributed by atoms with Crippen LogP contribution in [-0.4, -0.2) is 17.5 Å². The molecule has 1 aromatic heterocycles. The number of para-hydroxylation sites is 1. The van der Waals surface area contributed by atoms with Crippen LogP contribution in [0.15, 0.2) is 48.7 Å². The highest BCUT2D eigenvalue weighted by Crippen LogP contribution is 2.26. The van der Waals surface area contributed by atoms with Gasteiger partial charge in [-0.25, -0.2) is 4.98 Å². The van der Waals surface area contributed by atoms with Gasteiger partial charge in [-0.05, 0) is 29.8 Å². The Hall–Kier alpha value is -1.79. The minimum Gasteiger partial charge on any atom is -0.482 e. The molecule has 0 radical (unpaired) electrons. The summed E-state index contributed by atoms with van der Waals surface area (Å²) in [6.07, 6.45) is 2.37. The molecule has 26 heavy (non-hydrogen) atoms. The molecule has 4 nitrogen and oxygen atoms in total. The molecule has 2 aromatic carbocycles. The average Bonchev–Trinajstić information content (AvgIpc) is 3.04. The second-order valence-corrected chi connectivity index (χ2v) is 7.66. The number of nitrogens with zero attached hydrogens (tertiary/aromatic N) is 1. The summed E-state index contributed by atoms with van der Waals surface area (Å²) in [6, 6.07) is 12.5. The maximum absolute atomic E-state index is 12.0. The fourth-order valence-electron chi connectivity index (χ4n) is 2.16. The molecule has 0 bridgehead atoms. The van der Waals surface area contributed by atoms with Crippen molar-refractivity contribution < 1.29 is 9.53 Å². The molecule has 0 saturated carbocycles. The van der Waals surface area contributed by atoms with Crippen molar-refractivity contribution in [3.05, 3.63) is 74.2 Å². The van der Waals surface area contributed by atoms with Crippen molar-refractivity contribution >= 4 is 57.2 Å². The van der Waals surface area contributed by atoms with E-state index in [-0.39, 0.29) is 12.5 Å². The van der Waals surface area contributed by atoms with Gasteiger partial charge in [0.1, 0.15) is 5.75 Å². The van der Waals surface area contributed by atoms with Crippen LogP contribution < -0.4 is 10.1 Å². The Morgan fingerprint density at radius 3 is 2.65 bits per heavy atom. The zero-order valence-electron chi connectivity index (χ0n) is 13.3. The number of benzene rings is 2. The van der Waals surface area contributed by atoms with Crippen LogP contribution in [-0.2, 0) is 11.2 Å². The molecule has 0 saturated heterocycles. The molecule has 0 aliphatic carbocycles. The molecule has 0 spiro atoms. The van der Waals surface area contributed by atoms with E-state index >= 15 is 0 Å². The van der Waals surface area contributed by atoms with E-state index in [4.69, 9.17) is 39.5 Å². The summed E-state index contributed by atoms with van der Waals surface area (Å²) in [4.78, 5) is 17.2. The lowest BCUT2D eigenvalue weighted by atomic mass is 10.1. The number of halogens is 3. The Bertz CT molecular complexity index is 930. The SMILES string of the molecule is O=C(COc1ccccc1Cl)Nc1ncc(Cc2ccc(Cl)c(Cl)c2)s1. The van der Waals surface area contributed by atoms with Crippen LogP contribution in [0.2, 0.25) is 15.1 Å². The summed E-state index contributed by atoms with van der Waals surface area (Å²) in [5.74, 6) is 0.157. The second kappa shape index (κ2) is 8.73. The lowest BCUT2D eigenvalue weighted by molar-refractivity contribution is -0.118. The third kappa shape index (κ3) is 5.11. The first-order chi connectivity index (χ1) is 12.5. The first kappa shape index (κ1) is 19.0. The van der Waals surface area contributed by atoms with E-state index in [9.17, 15) is 4.79 Å². The molecule has 0 aliphatic heterocycles. The molecular weight excluding hydrogens is 415 g/mol. The lowest BCUT2D eigenvalue weighted by Gasteiger charge is -2.07. The molecule has 8 heteroatoms. The minimum absolute atomic E-state index is 0.147. The van der Waals surface area contributed by atoms with Crippen molar-refractivity contribution in [2.75, 3.05) is 11.9 Å². The first-order valence-corrected chi connectivity index (χ1v) is 9.52. The van der Waals surface area contributed by atoms with Crippen LogP contribution in [0, 0.1) is 0 Å². The fraction of sp³-hybridized carbons (Fsp3) is 0.111. The van der Waals surface area contributed by atoms with Crippen molar-refractivity contribution in [2.24, 2.45) is 0 Å². The van der Waals surface area contributed by atoms with Gasteiger partial charge < -0.3 is 4.74 Å². The molecule has 1 N–H and O–H groups in total. The topological polar surface area (TPSA) is 51.2 Å². The number of hydrogen-bond acceptors (Lipinski definition) is 4. The van der Waals surface area contributed by atoms with E-state index in [1.54, 1.807) is 36.5 Å². The third-order valence-corrected chi connectivity index (χ3v) is 5.32. The van der Waals surface area contributed by atoms with Crippen molar-refractivity contribution in [2.45, 2.75) is 6.42 Å². The van der Waals surface area contributed by atoms with Gasteiger partial charge in [0.15, 0.2) is 11.7 Å². The molecule has 0 unspecified atom stereocenters. The first-order valence-electron chi connectivity index (χ1n) is 7.57. The molecule has 3 aromatic rings. The summed E-state index contributed by atoms with van der Waals surface area (Å²) >= 11 is 19.3. The van der Waals surface area contributed by atoms with Crippen molar-refractivity contribution in [1.29, 1.82) is 0 Å². The highest BCUT2D eigenvalue weighted by molar-refractivity contribution is 7.15. The van der Waals surface area contributed by atoms with Crippen molar-refractivity contribution in [3.63, 3.8) is 0 Å². The van der Waals surface area contributed by atoms with E-state index in [1.165, 1.54) is 11.3 Å². The molecule has 0 fully saturated rings. The quantitative estimate of drug-likeness (QED) is 0.548. The zero-order valence-corrected chi connectivity index (χ0v) is 16.4. The molecule has 134 valence electrons. The van der Waals surface area contributed by atoms with Gasteiger partial charge in [0.25, 0.3) is 5.91 Å². The Morgan fingerprint density at radius 2 is 1.88 bits per heavy atom. The Labute approximate surface area is 169 Å². The summed E-state index contributed by atoms with van der Waals surface area (Å²) in [5.41, 5.74) is 1.02. The summed E-state index contributed by atoms with van der Waals surface area (Å²) in [7, 11) is 0. The maximum atomic E-state index is 12.0. The largest absolute Gasteiger partial charge is 0.482 e. The number of hydrogen-bond donors (Lipinski definition) is 1. The van der Waals surface area contributed by atoms with E-state index in [0.29, 0.717) is 32.4 Å². The van der Waals surface area contributed by atoms with Gasteiger partial charge in [-0.15, -0.1) is 11.3 Å². The number of anilines is 1. The van der Waals surface area contributed by atoms with Crippen molar-refractivity contribution in [3.8, 4) is 5.75 Å². The monoisotopic (exact) mass is 426 g/mol. The number of aromatic nitrogens is 1. The van der Waals surface area contributed by atoms with Gasteiger partial charge in [-0.2, -0.15) is 0 Å². The summed E-state index contributed by atoms with van der Waals surface area (Å²) in [6.45, 7) is -0.147. The Morgan fingerprint density at radius 1 is 1.08 bits per heavy atom. The molecule has 0 aliphatic rings. The van der Waals surface area contributed by atoms with Gasteiger partial charge in [0.05, 0.1) is 15.1 Å². The molecular formula is C18H13Cl3N2O2S. The Kier molecular flexibility index (Phi) is 6.38. The Balaban J connectivity index is 1.55. The lowest BCUT2D eigenvalue weighted by Crippen LogP contribution is -2.20. The summed E-state index contributed by atoms with van der Waals surface area (Å²) in [5, 5.41) is 4.71. The molecule has 3 rings (SSSR count). The van der Waals surface area contributed by atoms with Crippen LogP contribution in [0.3, 0.4) is 0 Å². The van der Waals surface area contributed by atoms with Crippen LogP contribution in [0.25, 0.3) is 0 Å². The number of carbonyl (C=O) groups excluding carboxylic acids is 1. The average molecular weight is 428 g/mol. The predicted octanol–water partition coefficient (Wildman–Crippen LogP) is 5.71. The van der Waals surface area contributed by atoms with Gasteiger partial charge in [-0.3, -0.25) is 10.1 Å². The van der Waals surface area contributed by atoms with Crippen LogP contribution >= 0.6 is 46.1 Å². The predicted molar refractivity (Wildman–Crippen MR) is 107 cm³/mol. The third-order valence-electron chi connectivity index (χ3n) is 3.36. The smallest absolute Gasteiger partial charge is 0.264 e. The number of ether oxygens (including phenoxy) is 1. The van der Waals surface area contributed by atoms with E-state index in [1.807, 2.05) is 12.1 Å². The van der Waals surface area contributed by atoms with Gasteiger partial charge >= 0.3 is 0 Å². The second-order valence-electron chi connectivity index (χ2n) is 5.32. The highest BCUT2D eigenvalue weighted by Gasteiger charge is 2.10. The zero-order chi connectivity index (χ0) is 18.5. The van der Waals surface area contributed by atoms with Gasteiger partial charge in [0, 0.05) is 17.5 Å². The highest BCUT2D eigenvalue weighted by atomic mass is 35.5. The summed E-state index contributed by atoms with van der Waals surface area (Å²) < 4.78 is 5.40. The van der Waals surface area contributed by atoms with Crippen molar-refractivity contribution in [1.82, 2.24) is 4.98 Å². The standard InChI is InChI=1S/C18H13Cl3N2O2S/c19-13-6-5-11(8-15(13)21)7-12-9-22-18(26-12)23-17(24)10-25-16-4-2-1-3-14(16)20/h1-6,8-9H,7,10H2,(H,22,23,24).